The van der Waals surface area contributed by atoms with Crippen molar-refractivity contribution in [3.05, 3.63) is 76.6 Å². The van der Waals surface area contributed by atoms with Gasteiger partial charge in [-0.3, -0.25) is 53.1 Å². The minimum atomic E-state index is -5.32. The van der Waals surface area contributed by atoms with Crippen molar-refractivity contribution < 1.29 is 83.8 Å². The van der Waals surface area contributed by atoms with Crippen LogP contribution in [0.1, 0.15) is 150 Å². The maximum Gasteiger partial charge on any atom is 3.00 e. The Hall–Kier alpha value is -6.49. The topological polar surface area (TPSA) is 465 Å². The number of benzene rings is 1. The number of aliphatic hydroxyl groups excluding tert-OH is 2. The zero-order valence-electron chi connectivity index (χ0n) is 54.5. The molecule has 92 heavy (non-hydrogen) atoms. The number of carbonyl (C=O) groups excluding carboxylic acids is 7. The molecule has 8 rings (SSSR count). The van der Waals surface area contributed by atoms with Crippen molar-refractivity contribution in [3.8, 4) is 0 Å². The summed E-state index contributed by atoms with van der Waals surface area (Å²) in [7, 11) is -5.32. The molecule has 2 fully saturated rings. The normalized spacial score (nSPS) is 33.5. The van der Waals surface area contributed by atoms with Gasteiger partial charge < -0.3 is 85.9 Å². The van der Waals surface area contributed by atoms with Gasteiger partial charge in [-0.25, -0.2) is 4.98 Å². The van der Waals surface area contributed by atoms with Gasteiger partial charge in [0.2, 0.25) is 41.4 Å². The first-order valence-corrected chi connectivity index (χ1v) is 32.0. The Bertz CT molecular complexity index is 3540. The third-order valence-electron chi connectivity index (χ3n) is 20.5. The molecule has 506 valence electrons. The number of primary amides is 6. The molecule has 7 heterocycles. The first kappa shape index (κ1) is 74.5. The number of aryl methyl sites for hydroxylation is 2. The smallest absolute Gasteiger partial charge is 0.756 e. The standard InChI is InChI=1S/C62H90N13O14P.CH3.Co/c1-29-20-39-40(21-30(29)2)75(28-70-39)57-52(84)53(41(27-76)87-57)89-90(85,86)88-31(3)26-69-49(83)18-19-59(8)37(22-46(66)80)56-62(11)61(10,25-48(68)82)36(14-17-45(65)79)51(74-62)33(5)55-60(9,24-47(67)81)34(12-15-43(63)77)38(71-55)23-42-58(6,7)35(13-16-44(64)78)50(72-42)32(4)54(59)73-56;;/h20-21,23,28,31,34-37,41,52-53,56-57,76,84H,12-19,22,24-27H2,1-11H3,(H15,63,64,65,66,67,68,69,71,72,73,74,77,78,79,80,81,82,83,85,86);1H3;/q;-1;+3/p-2/t31-,34-,35-,36-,37+,41-,52-,53-,56-,57+,59-,60+,61+,62+;;/m1../s1. The maximum absolute atomic E-state index is 14.4. The minimum absolute atomic E-state index is 0. The number of phosphoric acid groups is 1. The van der Waals surface area contributed by atoms with Gasteiger partial charge in [-0.05, 0) is 119 Å². The maximum atomic E-state index is 14.4. The summed E-state index contributed by atoms with van der Waals surface area (Å²) >= 11 is 0. The molecule has 2 aromatic rings. The van der Waals surface area contributed by atoms with Gasteiger partial charge in [0.05, 0.1) is 41.3 Å². The summed E-state index contributed by atoms with van der Waals surface area (Å²) in [6.45, 7) is 19.0. The quantitative estimate of drug-likeness (QED) is 0.0478. The van der Waals surface area contributed by atoms with Crippen LogP contribution in [-0.4, -0.2) is 127 Å². The number of hydrogen-bond acceptors (Lipinski definition) is 18. The molecule has 15 atom stereocenters. The first-order valence-electron chi connectivity index (χ1n) is 30.5. The second-order valence-electron chi connectivity index (χ2n) is 27.0. The van der Waals surface area contributed by atoms with E-state index in [-0.39, 0.29) is 101 Å². The SMILES string of the molecule is C/C1=C2/[N-][C@H]([C@H](CC(N)=O)[C@@]2(C)CCC(=O)NC[C@@H](C)OP(=O)([O-])O[C@H]2[C@@H](O)[C@@H](n3cnc4cc(C)c(C)cc43)O[C@@H]2CO)[C@]2(C)N=C(/C(C)=C3N=C(/C=C4N=C1[C@@H](CCC(N)=O)C\4(C)C)[C@@H](CCC(N)=O)[C@]\3(C)CC(N)=O)[C@@H](CCC(N)=O)[C@]2(C)CC(N)=O.[CH3-].[Co+3]. The van der Waals surface area contributed by atoms with Crippen LogP contribution in [0.2, 0.25) is 0 Å². The van der Waals surface area contributed by atoms with Crippen LogP contribution in [0, 0.1) is 66.6 Å². The zero-order valence-corrected chi connectivity index (χ0v) is 56.4. The molecular formula is C63H91CoN13O14P. The summed E-state index contributed by atoms with van der Waals surface area (Å²) in [5.74, 6) is -7.40. The van der Waals surface area contributed by atoms with Gasteiger partial charge in [0, 0.05) is 108 Å². The van der Waals surface area contributed by atoms with Gasteiger partial charge in [-0.2, -0.15) is 5.70 Å². The second-order valence-corrected chi connectivity index (χ2v) is 28.3. The molecule has 1 unspecified atom stereocenters. The molecule has 2 saturated heterocycles. The van der Waals surface area contributed by atoms with Crippen molar-refractivity contribution in [2.75, 3.05) is 13.2 Å². The molecule has 27 nitrogen and oxygen atoms in total. The number of aliphatic imine (C=N–C) groups is 3. The Labute approximate surface area is 547 Å². The Morgan fingerprint density at radius 3 is 1.96 bits per heavy atom. The van der Waals surface area contributed by atoms with Crippen molar-refractivity contribution in [3.63, 3.8) is 0 Å². The van der Waals surface area contributed by atoms with E-state index in [9.17, 15) is 53.2 Å². The molecule has 6 aliphatic heterocycles. The number of aliphatic hydroxyl groups is 2. The summed E-state index contributed by atoms with van der Waals surface area (Å²) in [6.07, 6.45) is -4.79. The number of rotatable bonds is 26. The number of aromatic nitrogens is 2. The molecule has 0 saturated carbocycles. The number of imidazole rings is 1. The fourth-order valence-electron chi connectivity index (χ4n) is 15.3. The molecular weight excluding hydrogens is 1250 g/mol. The number of nitrogens with zero attached hydrogens (tertiary/aromatic N) is 6. The van der Waals surface area contributed by atoms with E-state index in [1.54, 1.807) is 6.92 Å². The van der Waals surface area contributed by atoms with Gasteiger partial charge in [0.25, 0.3) is 7.82 Å². The zero-order chi connectivity index (χ0) is 66.7. The summed E-state index contributed by atoms with van der Waals surface area (Å²) in [5.41, 5.74) is 36.7. The summed E-state index contributed by atoms with van der Waals surface area (Å²) in [5, 5.41) is 30.1. The molecule has 7 amide bonds. The van der Waals surface area contributed by atoms with Crippen LogP contribution in [0.25, 0.3) is 16.4 Å². The molecule has 15 N–H and O–H groups in total. The second kappa shape index (κ2) is 27.8. The number of carbonyl (C=O) groups is 7. The fourth-order valence-corrected chi connectivity index (χ4v) is 16.4. The minimum Gasteiger partial charge on any atom is -0.756 e. The first-order chi connectivity index (χ1) is 41.8. The van der Waals surface area contributed by atoms with Crippen LogP contribution < -0.4 is 44.6 Å². The number of allylic oxidation sites excluding steroid dienone is 6. The van der Waals surface area contributed by atoms with Crippen LogP contribution in [0.3, 0.4) is 0 Å². The molecule has 1 aromatic carbocycles. The Kier molecular flexibility index (Phi) is 22.6. The summed E-state index contributed by atoms with van der Waals surface area (Å²) in [6, 6.07) is 2.65. The molecule has 0 aliphatic carbocycles. The van der Waals surface area contributed by atoms with E-state index in [4.69, 9.17) is 68.5 Å². The van der Waals surface area contributed by atoms with Crippen LogP contribution in [0.15, 0.2) is 67.8 Å². The fraction of sp³-hybridized carbons (Fsp3) is 0.619. The number of hydrogen-bond donors (Lipinski definition) is 9. The number of ether oxygens (including phenoxy) is 1. The van der Waals surface area contributed by atoms with E-state index in [0.29, 0.717) is 56.4 Å². The largest absolute Gasteiger partial charge is 3.00 e. The summed E-state index contributed by atoms with van der Waals surface area (Å²) in [4.78, 5) is 128. The van der Waals surface area contributed by atoms with Gasteiger partial charge in [-0.1, -0.05) is 40.7 Å². The van der Waals surface area contributed by atoms with E-state index in [1.165, 1.54) is 17.8 Å². The average molecular weight is 1340 g/mol. The van der Waals surface area contributed by atoms with Crippen LogP contribution in [0.5, 0.6) is 0 Å². The van der Waals surface area contributed by atoms with Gasteiger partial charge in [-0.15, -0.1) is 0 Å². The van der Waals surface area contributed by atoms with Crippen molar-refractivity contribution in [2.45, 2.75) is 189 Å². The molecule has 0 radical (unpaired) electrons. The molecule has 0 spiro atoms. The summed E-state index contributed by atoms with van der Waals surface area (Å²) < 4.78 is 31.9. The molecule has 1 aromatic heterocycles. The molecule has 8 bridgehead atoms. The Morgan fingerprint density at radius 1 is 0.793 bits per heavy atom. The predicted molar refractivity (Wildman–Crippen MR) is 338 cm³/mol. The predicted octanol–water partition coefficient (Wildman–Crippen LogP) is 3.76. The van der Waals surface area contributed by atoms with Crippen molar-refractivity contribution in [1.82, 2.24) is 14.9 Å². The molecule has 6 aliphatic rings. The van der Waals surface area contributed by atoms with Crippen molar-refractivity contribution in [2.24, 2.45) is 94.7 Å². The van der Waals surface area contributed by atoms with Crippen molar-refractivity contribution in [1.29, 1.82) is 0 Å². The van der Waals surface area contributed by atoms with Gasteiger partial charge >= 0.3 is 16.8 Å². The van der Waals surface area contributed by atoms with Crippen LogP contribution in [-0.2, 0) is 68.7 Å². The average Bonchev–Trinajstić information content (AvgIpc) is 1.53. The third kappa shape index (κ3) is 14.1. The van der Waals surface area contributed by atoms with E-state index in [0.717, 1.165) is 11.1 Å². The van der Waals surface area contributed by atoms with E-state index < -0.39 is 143 Å². The van der Waals surface area contributed by atoms with Crippen LogP contribution in [0.4, 0.5) is 0 Å². The number of phosphoric ester groups is 1. The van der Waals surface area contributed by atoms with E-state index in [1.807, 2.05) is 80.5 Å². The number of amides is 7. The van der Waals surface area contributed by atoms with E-state index in [2.05, 4.69) is 10.3 Å². The molecule has 29 heteroatoms. The van der Waals surface area contributed by atoms with Gasteiger partial charge in [0.15, 0.2) is 6.23 Å². The van der Waals surface area contributed by atoms with E-state index >= 15 is 0 Å². The Morgan fingerprint density at radius 2 is 1.38 bits per heavy atom. The monoisotopic (exact) mass is 1340 g/mol. The third-order valence-corrected chi connectivity index (χ3v) is 21.6. The van der Waals surface area contributed by atoms with Crippen molar-refractivity contribution >= 4 is 77.3 Å². The van der Waals surface area contributed by atoms with Gasteiger partial charge in [0.1, 0.15) is 18.3 Å². The van der Waals surface area contributed by atoms with Crippen LogP contribution >= 0.6 is 7.82 Å². The Balaban J connectivity index is 0.00000672. The number of nitrogens with one attached hydrogen (secondary N) is 1. The number of fused-ring (bicyclic) bond motifs is 7. The number of nitrogens with two attached hydrogens (primary N) is 6.